The van der Waals surface area contributed by atoms with Crippen LogP contribution in [-0.4, -0.2) is 54.1 Å². The van der Waals surface area contributed by atoms with Gasteiger partial charge in [-0.2, -0.15) is 0 Å². The van der Waals surface area contributed by atoms with Crippen LogP contribution >= 0.6 is 0 Å². The summed E-state index contributed by atoms with van der Waals surface area (Å²) >= 11 is 0. The van der Waals surface area contributed by atoms with Crippen molar-refractivity contribution < 1.29 is 42.1 Å². The first-order valence-corrected chi connectivity index (χ1v) is 11.3. The van der Waals surface area contributed by atoms with Crippen LogP contribution in [0.5, 0.6) is 11.5 Å². The predicted molar refractivity (Wildman–Crippen MR) is 122 cm³/mol. The van der Waals surface area contributed by atoms with Crippen LogP contribution < -0.4 is 9.47 Å². The van der Waals surface area contributed by atoms with Crippen molar-refractivity contribution in [1.29, 1.82) is 0 Å². The Morgan fingerprint density at radius 1 is 0.971 bits per heavy atom. The largest absolute Gasteiger partial charge is 0.573 e. The summed E-state index contributed by atoms with van der Waals surface area (Å²) in [5, 5.41) is 9.46. The number of carboxylic acids is 1. The lowest BCUT2D eigenvalue weighted by Gasteiger charge is -2.23. The molecular formula is C25H30F3NO6. The molecule has 1 amide bonds. The van der Waals surface area contributed by atoms with Gasteiger partial charge in [0.15, 0.2) is 12.7 Å². The minimum absolute atomic E-state index is 0.204. The van der Waals surface area contributed by atoms with E-state index in [4.69, 9.17) is 9.47 Å². The SMILES string of the molecule is CCO[C@H](C(=O)O)C(CC)c1ccc(OCC(=O)N(CC)Cc2ccc(OC(F)(F)F)cc2)cc1. The van der Waals surface area contributed by atoms with Crippen LogP contribution in [0.15, 0.2) is 48.5 Å². The average Bonchev–Trinajstić information content (AvgIpc) is 2.81. The molecule has 0 saturated carbocycles. The number of carbonyl (C=O) groups is 2. The molecule has 0 heterocycles. The van der Waals surface area contributed by atoms with Gasteiger partial charge in [0, 0.05) is 25.6 Å². The summed E-state index contributed by atoms with van der Waals surface area (Å²) in [5.74, 6) is -1.52. The van der Waals surface area contributed by atoms with E-state index in [1.54, 1.807) is 38.1 Å². The maximum Gasteiger partial charge on any atom is 0.573 e. The van der Waals surface area contributed by atoms with Crippen molar-refractivity contribution in [3.05, 3.63) is 59.7 Å². The fourth-order valence-electron chi connectivity index (χ4n) is 3.60. The van der Waals surface area contributed by atoms with Crippen molar-refractivity contribution in [2.45, 2.75) is 52.1 Å². The van der Waals surface area contributed by atoms with E-state index in [9.17, 15) is 27.9 Å². The molecule has 2 aromatic carbocycles. The van der Waals surface area contributed by atoms with Gasteiger partial charge in [0.25, 0.3) is 5.91 Å². The third-order valence-corrected chi connectivity index (χ3v) is 5.33. The Labute approximate surface area is 202 Å². The van der Waals surface area contributed by atoms with E-state index < -0.39 is 18.4 Å². The number of carboxylic acid groups (broad SMARTS) is 1. The van der Waals surface area contributed by atoms with Gasteiger partial charge in [0.05, 0.1) is 0 Å². The van der Waals surface area contributed by atoms with E-state index in [1.165, 1.54) is 29.2 Å². The molecule has 1 N–H and O–H groups in total. The standard InChI is InChI=1S/C25H30F3NO6/c1-4-21(23(24(31)32)33-6-3)18-9-13-19(14-10-18)34-16-22(30)29(5-2)15-17-7-11-20(12-8-17)35-25(26,27)28/h7-14,21,23H,4-6,15-16H2,1-3H3,(H,31,32)/t21?,23-/m0/s1. The van der Waals surface area contributed by atoms with Gasteiger partial charge in [-0.1, -0.05) is 31.2 Å². The molecule has 35 heavy (non-hydrogen) atoms. The van der Waals surface area contributed by atoms with E-state index in [1.807, 2.05) is 6.92 Å². The first kappa shape index (κ1) is 28.0. The topological polar surface area (TPSA) is 85.3 Å². The highest BCUT2D eigenvalue weighted by Crippen LogP contribution is 2.28. The predicted octanol–water partition coefficient (Wildman–Crippen LogP) is 5.00. The van der Waals surface area contributed by atoms with Gasteiger partial charge in [-0.15, -0.1) is 13.2 Å². The molecule has 0 saturated heterocycles. The summed E-state index contributed by atoms with van der Waals surface area (Å²) in [5.41, 5.74) is 1.44. The van der Waals surface area contributed by atoms with Crippen molar-refractivity contribution in [3.63, 3.8) is 0 Å². The van der Waals surface area contributed by atoms with Gasteiger partial charge in [-0.05, 0) is 55.7 Å². The third-order valence-electron chi connectivity index (χ3n) is 5.33. The highest BCUT2D eigenvalue weighted by Gasteiger charge is 2.31. The fraction of sp³-hybridized carbons (Fsp3) is 0.440. The van der Waals surface area contributed by atoms with Crippen LogP contribution in [0.1, 0.15) is 44.2 Å². The second kappa shape index (κ2) is 13.0. The minimum atomic E-state index is -4.76. The number of aliphatic carboxylic acids is 1. The normalized spacial score (nSPS) is 13.1. The van der Waals surface area contributed by atoms with Gasteiger partial charge < -0.3 is 24.2 Å². The van der Waals surface area contributed by atoms with Gasteiger partial charge in [-0.25, -0.2) is 4.79 Å². The van der Waals surface area contributed by atoms with Crippen molar-refractivity contribution in [2.24, 2.45) is 0 Å². The van der Waals surface area contributed by atoms with E-state index in [0.29, 0.717) is 24.3 Å². The Hall–Kier alpha value is -3.27. The van der Waals surface area contributed by atoms with E-state index in [2.05, 4.69) is 4.74 Å². The average molecular weight is 498 g/mol. The van der Waals surface area contributed by atoms with Gasteiger partial charge in [-0.3, -0.25) is 4.79 Å². The molecule has 7 nitrogen and oxygen atoms in total. The Morgan fingerprint density at radius 2 is 1.57 bits per heavy atom. The molecule has 192 valence electrons. The van der Waals surface area contributed by atoms with Crippen LogP contribution in [0.2, 0.25) is 0 Å². The molecule has 0 spiro atoms. The Kier molecular flexibility index (Phi) is 10.4. The maximum atomic E-state index is 12.6. The number of hydrogen-bond donors (Lipinski definition) is 1. The van der Waals surface area contributed by atoms with Crippen LogP contribution in [0.25, 0.3) is 0 Å². The van der Waals surface area contributed by atoms with Crippen LogP contribution in [-0.2, 0) is 20.9 Å². The maximum absolute atomic E-state index is 12.6. The fourth-order valence-corrected chi connectivity index (χ4v) is 3.60. The summed E-state index contributed by atoms with van der Waals surface area (Å²) in [4.78, 5) is 25.7. The van der Waals surface area contributed by atoms with Crippen LogP contribution in [0.3, 0.4) is 0 Å². The molecule has 0 aliphatic heterocycles. The molecule has 2 aromatic rings. The number of benzene rings is 2. The summed E-state index contributed by atoms with van der Waals surface area (Å²) in [6.45, 7) is 6.07. The van der Waals surface area contributed by atoms with Gasteiger partial charge in [0.1, 0.15) is 11.5 Å². The number of rotatable bonds is 13. The minimum Gasteiger partial charge on any atom is -0.484 e. The van der Waals surface area contributed by atoms with Gasteiger partial charge >= 0.3 is 12.3 Å². The number of ether oxygens (including phenoxy) is 3. The highest BCUT2D eigenvalue weighted by molar-refractivity contribution is 5.77. The van der Waals surface area contributed by atoms with Crippen molar-refractivity contribution in [2.75, 3.05) is 19.8 Å². The monoisotopic (exact) mass is 497 g/mol. The summed E-state index contributed by atoms with van der Waals surface area (Å²) in [7, 11) is 0. The Morgan fingerprint density at radius 3 is 2.06 bits per heavy atom. The lowest BCUT2D eigenvalue weighted by atomic mass is 9.91. The quantitative estimate of drug-likeness (QED) is 0.420. The molecule has 0 aliphatic carbocycles. The molecule has 0 aromatic heterocycles. The smallest absolute Gasteiger partial charge is 0.484 e. The molecule has 0 bridgehead atoms. The molecular weight excluding hydrogens is 467 g/mol. The number of likely N-dealkylation sites (N-methyl/N-ethyl adjacent to an activating group) is 1. The first-order chi connectivity index (χ1) is 16.6. The second-order valence-corrected chi connectivity index (χ2v) is 7.69. The third kappa shape index (κ3) is 8.79. The summed E-state index contributed by atoms with van der Waals surface area (Å²) in [6, 6.07) is 12.2. The Balaban J connectivity index is 1.96. The summed E-state index contributed by atoms with van der Waals surface area (Å²) < 4.78 is 51.7. The van der Waals surface area contributed by atoms with E-state index >= 15 is 0 Å². The lowest BCUT2D eigenvalue weighted by molar-refractivity contribution is -0.274. The number of nitrogens with zero attached hydrogens (tertiary/aromatic N) is 1. The molecule has 0 radical (unpaired) electrons. The zero-order valence-electron chi connectivity index (χ0n) is 19.9. The number of hydrogen-bond acceptors (Lipinski definition) is 5. The number of alkyl halides is 3. The van der Waals surface area contributed by atoms with Crippen molar-refractivity contribution in [3.8, 4) is 11.5 Å². The lowest BCUT2D eigenvalue weighted by Crippen LogP contribution is -2.34. The number of halogens is 3. The highest BCUT2D eigenvalue weighted by atomic mass is 19.4. The molecule has 0 aliphatic rings. The Bertz CT molecular complexity index is 947. The van der Waals surface area contributed by atoms with E-state index in [0.717, 1.165) is 5.56 Å². The second-order valence-electron chi connectivity index (χ2n) is 7.69. The zero-order chi connectivity index (χ0) is 26.0. The summed E-state index contributed by atoms with van der Waals surface area (Å²) in [6.07, 6.45) is -5.14. The van der Waals surface area contributed by atoms with Gasteiger partial charge in [0.2, 0.25) is 0 Å². The first-order valence-electron chi connectivity index (χ1n) is 11.3. The van der Waals surface area contributed by atoms with Crippen LogP contribution in [0.4, 0.5) is 13.2 Å². The van der Waals surface area contributed by atoms with E-state index in [-0.39, 0.29) is 37.3 Å². The molecule has 2 rings (SSSR count). The van der Waals surface area contributed by atoms with Crippen molar-refractivity contribution in [1.82, 2.24) is 4.90 Å². The number of carbonyl (C=O) groups excluding carboxylic acids is 1. The molecule has 1 unspecified atom stereocenters. The zero-order valence-corrected chi connectivity index (χ0v) is 19.9. The number of amides is 1. The molecule has 0 fully saturated rings. The molecule has 2 atom stereocenters. The van der Waals surface area contributed by atoms with Crippen LogP contribution in [0, 0.1) is 0 Å². The van der Waals surface area contributed by atoms with Crippen molar-refractivity contribution >= 4 is 11.9 Å². The molecule has 10 heteroatoms.